The normalized spacial score (nSPS) is 13.7. The molecule has 4 heterocycles. The van der Waals surface area contributed by atoms with Crippen LogP contribution in [0.3, 0.4) is 0 Å². The monoisotopic (exact) mass is 405 g/mol. The Labute approximate surface area is 168 Å². The van der Waals surface area contributed by atoms with Crippen molar-refractivity contribution in [3.8, 4) is 23.2 Å². The largest absolute Gasteiger partial charge is 0.490 e. The highest BCUT2D eigenvalue weighted by molar-refractivity contribution is 5.83. The fourth-order valence-corrected chi connectivity index (χ4v) is 3.08. The van der Waals surface area contributed by atoms with Crippen molar-refractivity contribution in [2.75, 3.05) is 6.61 Å². The van der Waals surface area contributed by atoms with E-state index >= 15 is 0 Å². The first-order chi connectivity index (χ1) is 14.7. The zero-order valence-electron chi connectivity index (χ0n) is 15.5. The van der Waals surface area contributed by atoms with Crippen LogP contribution < -0.4 is 15.9 Å². The van der Waals surface area contributed by atoms with Crippen molar-refractivity contribution in [2.45, 2.75) is 12.8 Å². The first kappa shape index (κ1) is 17.9. The van der Waals surface area contributed by atoms with Crippen molar-refractivity contribution >= 4 is 16.7 Å². The molecule has 0 aliphatic carbocycles. The minimum absolute atomic E-state index is 0.0713. The summed E-state index contributed by atoms with van der Waals surface area (Å²) in [5, 5.41) is 4.20. The Kier molecular flexibility index (Phi) is 4.36. The van der Waals surface area contributed by atoms with Gasteiger partial charge in [0.25, 0.3) is 5.56 Å². The highest BCUT2D eigenvalue weighted by atomic mass is 16.6. The molecule has 0 bridgehead atoms. The van der Waals surface area contributed by atoms with E-state index in [4.69, 9.17) is 14.0 Å². The third kappa shape index (κ3) is 3.46. The smallest absolute Gasteiger partial charge is 0.425 e. The maximum absolute atomic E-state index is 12.6. The number of nitrogens with zero attached hydrogens (tertiary/aromatic N) is 3. The van der Waals surface area contributed by atoms with Gasteiger partial charge in [-0.1, -0.05) is 6.07 Å². The third-order valence-corrected chi connectivity index (χ3v) is 4.55. The molecule has 1 aliphatic heterocycles. The Balaban J connectivity index is 1.43. The average molecular weight is 405 g/mol. The zero-order chi connectivity index (χ0) is 20.5. The van der Waals surface area contributed by atoms with Gasteiger partial charge in [-0.2, -0.15) is 4.98 Å². The molecule has 30 heavy (non-hydrogen) atoms. The third-order valence-electron chi connectivity index (χ3n) is 4.55. The second kappa shape index (κ2) is 7.32. The second-order valence-corrected chi connectivity index (χ2v) is 6.59. The van der Waals surface area contributed by atoms with Gasteiger partial charge < -0.3 is 14.5 Å². The van der Waals surface area contributed by atoms with E-state index in [-0.39, 0.29) is 29.0 Å². The van der Waals surface area contributed by atoms with Gasteiger partial charge in [0.15, 0.2) is 5.76 Å². The van der Waals surface area contributed by atoms with Crippen LogP contribution in [0, 0.1) is 0 Å². The molecule has 3 aromatic heterocycles. The van der Waals surface area contributed by atoms with Gasteiger partial charge in [-0.15, -0.1) is 4.98 Å². The van der Waals surface area contributed by atoms with Gasteiger partial charge in [-0.05, 0) is 53.4 Å². The number of aromatic nitrogens is 5. The Hall–Kier alpha value is -4.21. The molecule has 0 atom stereocenters. The van der Waals surface area contributed by atoms with Gasteiger partial charge >= 0.3 is 12.1 Å². The van der Waals surface area contributed by atoms with Gasteiger partial charge in [0, 0.05) is 12.3 Å². The number of rotatable bonds is 4. The van der Waals surface area contributed by atoms with E-state index in [1.54, 1.807) is 30.5 Å². The minimum Gasteiger partial charge on any atom is -0.490 e. The van der Waals surface area contributed by atoms with Crippen molar-refractivity contribution < 1.29 is 14.0 Å². The fraction of sp³-hybridized carbons (Fsp3) is 0.150. The summed E-state index contributed by atoms with van der Waals surface area (Å²) in [4.78, 5) is 37.4. The van der Waals surface area contributed by atoms with Crippen molar-refractivity contribution in [3.63, 3.8) is 0 Å². The Morgan fingerprint density at radius 3 is 2.77 bits per heavy atom. The maximum Gasteiger partial charge on any atom is 0.425 e. The zero-order valence-corrected chi connectivity index (χ0v) is 15.5. The summed E-state index contributed by atoms with van der Waals surface area (Å²) in [7, 11) is 0. The van der Waals surface area contributed by atoms with E-state index in [9.17, 15) is 9.59 Å². The topological polar surface area (TPSA) is 136 Å². The van der Waals surface area contributed by atoms with E-state index in [0.717, 1.165) is 24.0 Å². The molecule has 2 N–H and O–H groups in total. The van der Waals surface area contributed by atoms with Crippen LogP contribution in [-0.4, -0.2) is 31.7 Å². The number of hydrogen-bond acceptors (Lipinski definition) is 8. The average Bonchev–Trinajstić information content (AvgIpc) is 3.23. The molecule has 0 saturated carbocycles. The molecular weight excluding hydrogens is 390 g/mol. The van der Waals surface area contributed by atoms with Crippen LogP contribution in [-0.2, 0) is 4.74 Å². The van der Waals surface area contributed by atoms with Gasteiger partial charge in [-0.25, -0.2) is 0 Å². The number of aromatic amines is 2. The summed E-state index contributed by atoms with van der Waals surface area (Å²) in [5.74, 6) is 0.813. The number of allylic oxidation sites excluding steroid dienone is 1. The number of H-pyrrole nitrogens is 2. The van der Waals surface area contributed by atoms with Gasteiger partial charge in [0.1, 0.15) is 0 Å². The number of benzene rings is 1. The summed E-state index contributed by atoms with van der Waals surface area (Å²) in [6.45, 7) is 0.594. The predicted molar refractivity (Wildman–Crippen MR) is 106 cm³/mol. The molecule has 150 valence electrons. The van der Waals surface area contributed by atoms with Crippen LogP contribution >= 0.6 is 0 Å². The number of hydrogen-bond donors (Lipinski definition) is 2. The van der Waals surface area contributed by atoms with Crippen LogP contribution in [0.4, 0.5) is 0 Å². The van der Waals surface area contributed by atoms with Gasteiger partial charge in [0.05, 0.1) is 17.5 Å². The predicted octanol–water partition coefficient (Wildman–Crippen LogP) is 2.60. The van der Waals surface area contributed by atoms with E-state index in [2.05, 4.69) is 25.1 Å². The van der Waals surface area contributed by atoms with Crippen molar-refractivity contribution in [2.24, 2.45) is 0 Å². The first-order valence-corrected chi connectivity index (χ1v) is 9.24. The van der Waals surface area contributed by atoms with Crippen molar-refractivity contribution in [1.82, 2.24) is 25.1 Å². The molecule has 0 fully saturated rings. The Bertz CT molecular complexity index is 1360. The number of pyridine rings is 1. The standard InChI is InChI=1S/C20H15N5O5/c26-16-7-5-12(10-21-16)11-4-6-14-13(9-11)18(27)24-19(22-14)29-20-23-17(25-30-20)15-3-1-2-8-28-15/h3-7,9-10H,1-2,8H2,(H,21,26)(H,22,24,27). The molecule has 1 aromatic carbocycles. The van der Waals surface area contributed by atoms with E-state index in [1.165, 1.54) is 6.07 Å². The Morgan fingerprint density at radius 1 is 1.07 bits per heavy atom. The molecule has 0 radical (unpaired) electrons. The Morgan fingerprint density at radius 2 is 1.97 bits per heavy atom. The van der Waals surface area contributed by atoms with Crippen molar-refractivity contribution in [3.05, 3.63) is 69.1 Å². The lowest BCUT2D eigenvalue weighted by Gasteiger charge is -2.10. The molecule has 5 rings (SSSR count). The van der Waals surface area contributed by atoms with Crippen LogP contribution in [0.25, 0.3) is 27.8 Å². The molecule has 0 amide bonds. The van der Waals surface area contributed by atoms with Gasteiger partial charge in [0.2, 0.25) is 11.4 Å². The summed E-state index contributed by atoms with van der Waals surface area (Å²) in [5.41, 5.74) is 1.38. The van der Waals surface area contributed by atoms with Crippen LogP contribution in [0.5, 0.6) is 12.1 Å². The number of fused-ring (bicyclic) bond motifs is 1. The second-order valence-electron chi connectivity index (χ2n) is 6.59. The molecule has 1 aliphatic rings. The summed E-state index contributed by atoms with van der Waals surface area (Å²) in [6.07, 6.45) is 5.12. The highest BCUT2D eigenvalue weighted by Gasteiger charge is 2.17. The van der Waals surface area contributed by atoms with Crippen molar-refractivity contribution in [1.29, 1.82) is 0 Å². The van der Waals surface area contributed by atoms with E-state index in [0.29, 0.717) is 23.3 Å². The molecule has 0 spiro atoms. The molecule has 10 nitrogen and oxygen atoms in total. The first-order valence-electron chi connectivity index (χ1n) is 9.24. The number of ether oxygens (including phenoxy) is 2. The molecule has 0 unspecified atom stereocenters. The van der Waals surface area contributed by atoms with Crippen LogP contribution in [0.1, 0.15) is 18.7 Å². The molecule has 10 heteroatoms. The minimum atomic E-state index is -0.390. The lowest BCUT2D eigenvalue weighted by Crippen LogP contribution is -2.09. The van der Waals surface area contributed by atoms with Gasteiger partial charge in [-0.3, -0.25) is 19.1 Å². The van der Waals surface area contributed by atoms with E-state index < -0.39 is 0 Å². The van der Waals surface area contributed by atoms with Crippen LogP contribution in [0.2, 0.25) is 0 Å². The fourth-order valence-electron chi connectivity index (χ4n) is 3.08. The molecule has 4 aromatic rings. The SMILES string of the molecule is O=c1ccc(-c2ccc3nc(Oc4nc(C5=CCCCO5)no4)[nH]c(=O)c3c2)c[nH]1. The quantitative estimate of drug-likeness (QED) is 0.529. The van der Waals surface area contributed by atoms with E-state index in [1.807, 2.05) is 6.08 Å². The highest BCUT2D eigenvalue weighted by Crippen LogP contribution is 2.24. The number of nitrogens with one attached hydrogen (secondary N) is 2. The molecular formula is C20H15N5O5. The lowest BCUT2D eigenvalue weighted by molar-refractivity contribution is 0.251. The van der Waals surface area contributed by atoms with Crippen LogP contribution in [0.15, 0.2) is 56.7 Å². The summed E-state index contributed by atoms with van der Waals surface area (Å²) in [6, 6.07) is 8.21. The molecule has 0 saturated heterocycles. The maximum atomic E-state index is 12.6. The lowest BCUT2D eigenvalue weighted by atomic mass is 10.1. The summed E-state index contributed by atoms with van der Waals surface area (Å²) < 4.78 is 16.0. The summed E-state index contributed by atoms with van der Waals surface area (Å²) >= 11 is 0.